The fraction of sp³-hybridized carbons (Fsp3) is 0.333. The average Bonchev–Trinajstić information content (AvgIpc) is 3.26. The molecule has 3 rings (SSSR count). The summed E-state index contributed by atoms with van der Waals surface area (Å²) in [7, 11) is 3.23. The minimum Gasteiger partial charge on any atom is -0.496 e. The number of hydrogen-bond donors (Lipinski definition) is 0. The molecule has 0 spiro atoms. The zero-order chi connectivity index (χ0) is 24.0. The summed E-state index contributed by atoms with van der Waals surface area (Å²) in [5.41, 5.74) is 0.836. The zero-order valence-electron chi connectivity index (χ0n) is 18.7. The fourth-order valence-corrected chi connectivity index (χ4v) is 3.36. The maximum Gasteiger partial charge on any atom is 0.416 e. The molecule has 0 radical (unpaired) electrons. The first kappa shape index (κ1) is 24.3. The van der Waals surface area contributed by atoms with Gasteiger partial charge in [-0.25, -0.2) is 4.98 Å². The highest BCUT2D eigenvalue weighted by Gasteiger charge is 2.30. The number of amides is 1. The summed E-state index contributed by atoms with van der Waals surface area (Å²) in [6.45, 7) is 3.15. The Morgan fingerprint density at radius 2 is 1.85 bits per heavy atom. The van der Waals surface area contributed by atoms with Crippen LogP contribution in [0.3, 0.4) is 0 Å². The van der Waals surface area contributed by atoms with Gasteiger partial charge in [0.1, 0.15) is 12.0 Å². The van der Waals surface area contributed by atoms with Crippen molar-refractivity contribution in [2.24, 2.45) is 0 Å². The number of alkyl halides is 3. The van der Waals surface area contributed by atoms with Gasteiger partial charge in [0.2, 0.25) is 5.89 Å². The normalized spacial score (nSPS) is 11.6. The molecule has 0 N–H and O–H groups in total. The van der Waals surface area contributed by atoms with Crippen molar-refractivity contribution in [2.75, 3.05) is 20.7 Å². The Labute approximate surface area is 190 Å². The Balaban J connectivity index is 1.86. The summed E-state index contributed by atoms with van der Waals surface area (Å²) in [5, 5.41) is 0. The number of benzene rings is 2. The van der Waals surface area contributed by atoms with Gasteiger partial charge in [-0.2, -0.15) is 13.2 Å². The second kappa shape index (κ2) is 10.5. The monoisotopic (exact) mass is 461 g/mol. The van der Waals surface area contributed by atoms with Gasteiger partial charge in [0.15, 0.2) is 5.69 Å². The number of carbonyl (C=O) groups excluding carboxylic acids is 1. The number of methoxy groups -OCH3 is 1. The molecular formula is C24H26F3N3O3. The smallest absolute Gasteiger partial charge is 0.416 e. The van der Waals surface area contributed by atoms with Crippen molar-refractivity contribution < 1.29 is 27.1 Å². The van der Waals surface area contributed by atoms with Crippen LogP contribution in [0.5, 0.6) is 5.75 Å². The topological polar surface area (TPSA) is 58.8 Å². The second-order valence-corrected chi connectivity index (χ2v) is 7.60. The van der Waals surface area contributed by atoms with Gasteiger partial charge in [-0.1, -0.05) is 36.4 Å². The molecule has 2 aromatic carbocycles. The predicted octanol–water partition coefficient (Wildman–Crippen LogP) is 5.00. The lowest BCUT2D eigenvalue weighted by molar-refractivity contribution is -0.137. The first-order chi connectivity index (χ1) is 15.7. The molecule has 0 aliphatic rings. The number of ether oxygens (including phenoxy) is 1. The molecule has 0 aliphatic heterocycles. The van der Waals surface area contributed by atoms with Crippen LogP contribution in [0, 0.1) is 0 Å². The highest BCUT2D eigenvalue weighted by atomic mass is 19.4. The number of nitrogens with zero attached hydrogens (tertiary/aromatic N) is 3. The molecule has 0 saturated carbocycles. The van der Waals surface area contributed by atoms with E-state index in [4.69, 9.17) is 9.15 Å². The molecule has 0 aliphatic carbocycles. The van der Waals surface area contributed by atoms with Crippen molar-refractivity contribution in [1.29, 1.82) is 0 Å². The summed E-state index contributed by atoms with van der Waals surface area (Å²) in [6, 6.07) is 12.6. The van der Waals surface area contributed by atoms with Crippen molar-refractivity contribution in [3.63, 3.8) is 0 Å². The van der Waals surface area contributed by atoms with Crippen LogP contribution in [-0.4, -0.2) is 41.4 Å². The van der Waals surface area contributed by atoms with Crippen LogP contribution in [0.25, 0.3) is 0 Å². The lowest BCUT2D eigenvalue weighted by Gasteiger charge is -2.22. The van der Waals surface area contributed by atoms with Gasteiger partial charge in [-0.3, -0.25) is 9.69 Å². The van der Waals surface area contributed by atoms with E-state index in [0.29, 0.717) is 30.3 Å². The summed E-state index contributed by atoms with van der Waals surface area (Å²) in [6.07, 6.45) is -3.12. The van der Waals surface area contributed by atoms with Crippen LogP contribution in [0.2, 0.25) is 0 Å². The van der Waals surface area contributed by atoms with E-state index in [1.807, 2.05) is 36.1 Å². The third-order valence-electron chi connectivity index (χ3n) is 5.20. The zero-order valence-corrected chi connectivity index (χ0v) is 18.7. The number of oxazole rings is 1. The molecule has 9 heteroatoms. The van der Waals surface area contributed by atoms with Crippen LogP contribution >= 0.6 is 0 Å². The van der Waals surface area contributed by atoms with Crippen molar-refractivity contribution in [2.45, 2.75) is 32.7 Å². The molecule has 0 atom stereocenters. The molecule has 1 heterocycles. The highest BCUT2D eigenvalue weighted by Crippen LogP contribution is 2.30. The van der Waals surface area contributed by atoms with E-state index in [1.54, 1.807) is 20.2 Å². The Bertz CT molecular complexity index is 1080. The Morgan fingerprint density at radius 3 is 2.55 bits per heavy atom. The highest BCUT2D eigenvalue weighted by molar-refractivity contribution is 5.91. The first-order valence-corrected chi connectivity index (χ1v) is 10.4. The molecule has 0 fully saturated rings. The van der Waals surface area contributed by atoms with Crippen LogP contribution < -0.4 is 4.74 Å². The van der Waals surface area contributed by atoms with Crippen molar-refractivity contribution in [3.05, 3.63) is 83.1 Å². The Hall–Kier alpha value is -3.33. The van der Waals surface area contributed by atoms with Crippen LogP contribution in [0.15, 0.2) is 59.2 Å². The summed E-state index contributed by atoms with van der Waals surface area (Å²) < 4.78 is 50.5. The minimum absolute atomic E-state index is 0.186. The standard InChI is InChI=1S/C24H26F3N3O3/c1-4-29(2)23(31)20-16-33-22(28-20)15-30(14-18-9-5-6-11-21(18)32-3)13-17-8-7-10-19(12-17)24(25,26)27/h5-12,16H,4,13-15H2,1-3H3. The summed E-state index contributed by atoms with van der Waals surface area (Å²) >= 11 is 0. The van der Waals surface area contributed by atoms with Crippen molar-refractivity contribution in [1.82, 2.24) is 14.8 Å². The fourth-order valence-electron chi connectivity index (χ4n) is 3.36. The van der Waals surface area contributed by atoms with Gasteiger partial charge in [-0.15, -0.1) is 0 Å². The molecule has 0 unspecified atom stereocenters. The predicted molar refractivity (Wildman–Crippen MR) is 117 cm³/mol. The van der Waals surface area contributed by atoms with Crippen molar-refractivity contribution in [3.8, 4) is 5.75 Å². The van der Waals surface area contributed by atoms with E-state index in [9.17, 15) is 18.0 Å². The average molecular weight is 461 g/mol. The molecular weight excluding hydrogens is 435 g/mol. The van der Waals surface area contributed by atoms with Gasteiger partial charge in [-0.05, 0) is 24.6 Å². The van der Waals surface area contributed by atoms with Crippen LogP contribution in [0.1, 0.15) is 40.0 Å². The number of halogens is 3. The van der Waals surface area contributed by atoms with E-state index >= 15 is 0 Å². The van der Waals surface area contributed by atoms with E-state index in [-0.39, 0.29) is 24.7 Å². The van der Waals surface area contributed by atoms with Gasteiger partial charge >= 0.3 is 6.18 Å². The minimum atomic E-state index is -4.42. The molecule has 176 valence electrons. The molecule has 1 aromatic heterocycles. The SMILES string of the molecule is CCN(C)C(=O)c1coc(CN(Cc2cccc(C(F)(F)F)c2)Cc2ccccc2OC)n1. The Kier molecular flexibility index (Phi) is 7.75. The number of para-hydroxylation sites is 1. The molecule has 0 bridgehead atoms. The van der Waals surface area contributed by atoms with Crippen LogP contribution in [0.4, 0.5) is 13.2 Å². The van der Waals surface area contributed by atoms with E-state index in [1.165, 1.54) is 17.2 Å². The van der Waals surface area contributed by atoms with Crippen LogP contribution in [-0.2, 0) is 25.8 Å². The molecule has 33 heavy (non-hydrogen) atoms. The van der Waals surface area contributed by atoms with E-state index < -0.39 is 11.7 Å². The number of carbonyl (C=O) groups is 1. The first-order valence-electron chi connectivity index (χ1n) is 10.4. The van der Waals surface area contributed by atoms with Crippen molar-refractivity contribution >= 4 is 5.91 Å². The third kappa shape index (κ3) is 6.35. The van der Waals surface area contributed by atoms with Gasteiger partial charge in [0.25, 0.3) is 5.91 Å². The second-order valence-electron chi connectivity index (χ2n) is 7.60. The molecule has 3 aromatic rings. The quantitative estimate of drug-likeness (QED) is 0.449. The summed E-state index contributed by atoms with van der Waals surface area (Å²) in [5.74, 6) is 0.700. The molecule has 6 nitrogen and oxygen atoms in total. The van der Waals surface area contributed by atoms with Gasteiger partial charge in [0.05, 0.1) is 19.2 Å². The molecule has 0 saturated heterocycles. The maximum atomic E-state index is 13.2. The lowest BCUT2D eigenvalue weighted by Crippen LogP contribution is -2.27. The van der Waals surface area contributed by atoms with Gasteiger partial charge < -0.3 is 14.1 Å². The number of hydrogen-bond acceptors (Lipinski definition) is 5. The largest absolute Gasteiger partial charge is 0.496 e. The number of aromatic nitrogens is 1. The van der Waals surface area contributed by atoms with E-state index in [0.717, 1.165) is 17.7 Å². The van der Waals surface area contributed by atoms with E-state index in [2.05, 4.69) is 4.98 Å². The third-order valence-corrected chi connectivity index (χ3v) is 5.20. The number of rotatable bonds is 9. The lowest BCUT2D eigenvalue weighted by atomic mass is 10.1. The van der Waals surface area contributed by atoms with Gasteiger partial charge in [0, 0.05) is 32.2 Å². The maximum absolute atomic E-state index is 13.2. The molecule has 1 amide bonds. The Morgan fingerprint density at radius 1 is 1.09 bits per heavy atom. The summed E-state index contributed by atoms with van der Waals surface area (Å²) in [4.78, 5) is 20.0.